The Morgan fingerprint density at radius 2 is 1.95 bits per heavy atom. The molecule has 4 fully saturated rings. The average molecular weight is 564 g/mol. The summed E-state index contributed by atoms with van der Waals surface area (Å²) in [5, 5.41) is 15.3. The number of carbonyl (C=O) groups excluding carboxylic acids is 3. The maximum Gasteiger partial charge on any atom is 0.322 e. The van der Waals surface area contributed by atoms with Crippen LogP contribution in [0, 0.1) is 34.0 Å². The Balaban J connectivity index is 1.49. The lowest BCUT2D eigenvalue weighted by Gasteiger charge is -2.61. The van der Waals surface area contributed by atoms with Gasteiger partial charge in [-0.3, -0.25) is 14.4 Å². The third-order valence-electron chi connectivity index (χ3n) is 11.4. The lowest BCUT2D eigenvalue weighted by Crippen LogP contribution is -2.63. The van der Waals surface area contributed by atoms with E-state index in [2.05, 4.69) is 32.7 Å². The lowest BCUT2D eigenvalue weighted by atomic mass is 9.44. The molecule has 0 aliphatic heterocycles. The number of hydrogen-bond acceptors (Lipinski definition) is 8. The zero-order valence-corrected chi connectivity index (χ0v) is 25.5. The molecule has 0 aromatic rings. The number of methoxy groups -OCH3 is 1. The summed E-state index contributed by atoms with van der Waals surface area (Å²) in [6, 6.07) is -0.132. The molecule has 0 amide bonds. The van der Waals surface area contributed by atoms with Gasteiger partial charge in [-0.1, -0.05) is 33.8 Å². The summed E-state index contributed by atoms with van der Waals surface area (Å²) < 4.78 is 11.2. The van der Waals surface area contributed by atoms with E-state index < -0.39 is 23.0 Å². The number of aliphatic hydroxyl groups excluding tert-OH is 1. The van der Waals surface area contributed by atoms with Crippen molar-refractivity contribution in [2.75, 3.05) is 12.9 Å². The number of thioether (sulfide) groups is 1. The summed E-state index contributed by atoms with van der Waals surface area (Å²) in [7, 11) is 1.39. The van der Waals surface area contributed by atoms with Crippen LogP contribution in [0.3, 0.4) is 0 Å². The number of Topliss-reactive ketones (excluding diaryl/α,β-unsaturated/α-hetero) is 1. The number of rotatable bonds is 8. The van der Waals surface area contributed by atoms with Gasteiger partial charge in [-0.05, 0) is 69.1 Å². The monoisotopic (exact) mass is 563 g/mol. The van der Waals surface area contributed by atoms with Gasteiger partial charge < -0.3 is 19.9 Å². The molecule has 0 aromatic heterocycles. The highest BCUT2D eigenvalue weighted by Crippen LogP contribution is 2.68. The van der Waals surface area contributed by atoms with Crippen LogP contribution in [0.1, 0.15) is 86.0 Å². The van der Waals surface area contributed by atoms with Crippen molar-refractivity contribution in [1.29, 1.82) is 0 Å². The quantitative estimate of drug-likeness (QED) is 0.324. The number of aliphatic hydroxyl groups is 1. The molecule has 0 spiro atoms. The molecular weight excluding hydrogens is 514 g/mol. The molecule has 7 nitrogen and oxygen atoms in total. The van der Waals surface area contributed by atoms with Gasteiger partial charge in [-0.15, -0.1) is 18.3 Å². The van der Waals surface area contributed by atoms with Crippen molar-refractivity contribution < 1.29 is 29.0 Å². The van der Waals surface area contributed by atoms with Gasteiger partial charge in [-0.25, -0.2) is 0 Å². The maximum atomic E-state index is 13.5. The fraction of sp³-hybridized carbons (Fsp3) is 0.839. The van der Waals surface area contributed by atoms with Crippen LogP contribution in [0.4, 0.5) is 0 Å². The zero-order chi connectivity index (χ0) is 28.8. The molecule has 0 heterocycles. The van der Waals surface area contributed by atoms with Crippen LogP contribution in [0.15, 0.2) is 12.7 Å². The summed E-state index contributed by atoms with van der Waals surface area (Å²) in [4.78, 5) is 38.7. The maximum absolute atomic E-state index is 13.5. The smallest absolute Gasteiger partial charge is 0.322 e. The number of carbonyl (C=O) groups is 3. The third-order valence-corrected chi connectivity index (χ3v) is 12.7. The van der Waals surface area contributed by atoms with E-state index in [1.807, 2.05) is 19.9 Å². The molecule has 39 heavy (non-hydrogen) atoms. The molecule has 0 saturated heterocycles. The Hall–Kier alpha value is -1.38. The Bertz CT molecular complexity index is 973. The Morgan fingerprint density at radius 1 is 1.23 bits per heavy atom. The van der Waals surface area contributed by atoms with Crippen LogP contribution >= 0.6 is 11.8 Å². The van der Waals surface area contributed by atoms with E-state index in [1.54, 1.807) is 11.8 Å². The molecule has 0 aromatic carbocycles. The van der Waals surface area contributed by atoms with Crippen LogP contribution in [0.25, 0.3) is 0 Å². The van der Waals surface area contributed by atoms with E-state index in [9.17, 15) is 19.5 Å². The standard InChI is InChI=1S/C31H49NO6S/c1-8-29(5)16-24(38-25(34)17-39-22-10-9-21(15-22)32-20(4)28(36)37-7)30(6)18(2)11-13-31(19(3)27(29)35)14-12-23(33)26(30)31/h8,18-22,24,26-27,32,35H,1,9-17H2,2-7H3/t18-,19+,20?,21?,22?,24-,26+,27+,29-,30+,31?/m1/s1. The van der Waals surface area contributed by atoms with Gasteiger partial charge >= 0.3 is 11.9 Å². The number of ether oxygens (including phenoxy) is 2. The third kappa shape index (κ3) is 5.34. The van der Waals surface area contributed by atoms with Crippen LogP contribution in [-0.2, 0) is 23.9 Å². The van der Waals surface area contributed by atoms with Crippen molar-refractivity contribution in [3.63, 3.8) is 0 Å². The van der Waals surface area contributed by atoms with E-state index >= 15 is 0 Å². The van der Waals surface area contributed by atoms with Crippen molar-refractivity contribution >= 4 is 29.5 Å². The average Bonchev–Trinajstić information content (AvgIpc) is 3.51. The molecule has 2 bridgehead atoms. The van der Waals surface area contributed by atoms with E-state index in [0.29, 0.717) is 18.1 Å². The Labute approximate surface area is 238 Å². The van der Waals surface area contributed by atoms with Crippen LogP contribution in [0.2, 0.25) is 0 Å². The first-order valence-corrected chi connectivity index (χ1v) is 15.9. The molecule has 2 N–H and O–H groups in total. The van der Waals surface area contributed by atoms with Crippen LogP contribution in [0.5, 0.6) is 0 Å². The van der Waals surface area contributed by atoms with Crippen LogP contribution < -0.4 is 5.32 Å². The van der Waals surface area contributed by atoms with E-state index in [-0.39, 0.29) is 58.7 Å². The first kappa shape index (κ1) is 30.6. The molecule has 4 rings (SSSR count). The van der Waals surface area contributed by atoms with Gasteiger partial charge in [0.1, 0.15) is 17.9 Å². The minimum atomic E-state index is -0.660. The van der Waals surface area contributed by atoms with Gasteiger partial charge in [0.15, 0.2) is 0 Å². The topological polar surface area (TPSA) is 102 Å². The summed E-state index contributed by atoms with van der Waals surface area (Å²) in [5.41, 5.74) is -1.38. The van der Waals surface area contributed by atoms with Crippen molar-refractivity contribution in [1.82, 2.24) is 5.32 Å². The minimum Gasteiger partial charge on any atom is -0.468 e. The molecule has 4 aliphatic rings. The van der Waals surface area contributed by atoms with E-state index in [0.717, 1.165) is 38.5 Å². The number of esters is 2. The van der Waals surface area contributed by atoms with Crippen molar-refractivity contribution in [3.05, 3.63) is 12.7 Å². The largest absolute Gasteiger partial charge is 0.468 e. The second-order valence-corrected chi connectivity index (χ2v) is 14.7. The molecule has 0 radical (unpaired) electrons. The highest BCUT2D eigenvalue weighted by molar-refractivity contribution is 8.00. The minimum absolute atomic E-state index is 0.0400. The second-order valence-electron chi connectivity index (χ2n) is 13.4. The van der Waals surface area contributed by atoms with Gasteiger partial charge in [0.05, 0.1) is 19.0 Å². The summed E-state index contributed by atoms with van der Waals surface area (Å²) in [6.45, 7) is 14.4. The fourth-order valence-corrected chi connectivity index (χ4v) is 9.83. The predicted molar refractivity (Wildman–Crippen MR) is 153 cm³/mol. The highest BCUT2D eigenvalue weighted by atomic mass is 32.2. The summed E-state index contributed by atoms with van der Waals surface area (Å²) in [6.07, 6.45) is 7.19. The van der Waals surface area contributed by atoms with Gasteiger partial charge in [0, 0.05) is 34.5 Å². The molecule has 8 heteroatoms. The number of hydrogen-bond donors (Lipinski definition) is 2. The van der Waals surface area contributed by atoms with E-state index in [1.165, 1.54) is 7.11 Å². The van der Waals surface area contributed by atoms with Crippen molar-refractivity contribution in [2.45, 2.75) is 116 Å². The molecule has 220 valence electrons. The van der Waals surface area contributed by atoms with Crippen LogP contribution in [-0.4, -0.2) is 65.2 Å². The van der Waals surface area contributed by atoms with Gasteiger partial charge in [-0.2, -0.15) is 0 Å². The normalized spacial score (nSPS) is 44.6. The molecule has 4 saturated carbocycles. The van der Waals surface area contributed by atoms with Gasteiger partial charge in [0.25, 0.3) is 0 Å². The number of nitrogens with one attached hydrogen (secondary N) is 1. The summed E-state index contributed by atoms with van der Waals surface area (Å²) >= 11 is 1.62. The first-order chi connectivity index (χ1) is 18.3. The molecule has 4 unspecified atom stereocenters. The van der Waals surface area contributed by atoms with Crippen molar-refractivity contribution in [2.24, 2.45) is 34.0 Å². The lowest BCUT2D eigenvalue weighted by molar-refractivity contribution is -0.205. The van der Waals surface area contributed by atoms with Crippen molar-refractivity contribution in [3.8, 4) is 0 Å². The molecular formula is C31H49NO6S. The molecule has 11 atom stereocenters. The predicted octanol–water partition coefficient (Wildman–Crippen LogP) is 4.70. The number of ketones is 1. The Morgan fingerprint density at radius 3 is 2.62 bits per heavy atom. The highest BCUT2D eigenvalue weighted by Gasteiger charge is 2.68. The second kappa shape index (κ2) is 11.5. The van der Waals surface area contributed by atoms with E-state index in [4.69, 9.17) is 9.47 Å². The Kier molecular flexibility index (Phi) is 9.00. The van der Waals surface area contributed by atoms with Gasteiger partial charge in [0.2, 0.25) is 0 Å². The zero-order valence-electron chi connectivity index (χ0n) is 24.7. The first-order valence-electron chi connectivity index (χ1n) is 14.8. The fourth-order valence-electron chi connectivity index (χ4n) is 8.72. The summed E-state index contributed by atoms with van der Waals surface area (Å²) in [5.74, 6) is -0.0367. The SMILES string of the molecule is C=C[C@]1(C)C[C@@H](OC(=O)CSC2CCC(NC(C)C(=O)OC)C2)[C@]2(C)[C@H](C)CCC3(CCC(=O)[C@H]32)[C@@H](C)[C@@H]1O. The molecule has 4 aliphatic carbocycles.